The molecule has 0 aliphatic heterocycles. The van der Waals surface area contributed by atoms with E-state index < -0.39 is 7.60 Å². The zero-order valence-electron chi connectivity index (χ0n) is 8.69. The average molecular weight is 220 g/mol. The minimum Gasteiger partial charge on any atom is -0.309 e. The summed E-state index contributed by atoms with van der Waals surface area (Å²) >= 11 is 0. The third-order valence-corrected chi connectivity index (χ3v) is 4.86. The summed E-state index contributed by atoms with van der Waals surface area (Å²) in [4.78, 5) is 11.1. The minimum atomic E-state index is -3.03. The third-order valence-electron chi connectivity index (χ3n) is 2.28. The molecule has 1 rings (SSSR count). The molecule has 1 aliphatic rings. The molecular weight excluding hydrogens is 203 g/mol. The van der Waals surface area contributed by atoms with Gasteiger partial charge in [0.2, 0.25) is 0 Å². The van der Waals surface area contributed by atoms with Crippen molar-refractivity contribution in [2.24, 2.45) is 0 Å². The number of hydrogen-bond donors (Lipinski definition) is 0. The first kappa shape index (κ1) is 11.9. The summed E-state index contributed by atoms with van der Waals surface area (Å²) in [5.74, 6) is 0.162. The van der Waals surface area contributed by atoms with Crippen molar-refractivity contribution in [2.45, 2.75) is 38.8 Å². The van der Waals surface area contributed by atoms with E-state index in [0.717, 1.165) is 0 Å². The number of carbonyl (C=O) groups excluding carboxylic acids is 1. The SMILES string of the molecule is CCOP(=O)(OCC)[C@H]1CCC(=O)C1. The lowest BCUT2D eigenvalue weighted by atomic mass is 10.4. The normalized spacial score (nSPS) is 23.0. The van der Waals surface area contributed by atoms with Gasteiger partial charge in [-0.2, -0.15) is 0 Å². The molecule has 0 N–H and O–H groups in total. The van der Waals surface area contributed by atoms with Crippen LogP contribution in [0, 0.1) is 0 Å². The molecule has 1 atom stereocenters. The topological polar surface area (TPSA) is 52.6 Å². The Balaban J connectivity index is 2.66. The molecule has 0 spiro atoms. The Kier molecular flexibility index (Phi) is 4.30. The fraction of sp³-hybridized carbons (Fsp3) is 0.889. The fourth-order valence-corrected chi connectivity index (χ4v) is 3.76. The van der Waals surface area contributed by atoms with Crippen LogP contribution in [-0.2, 0) is 18.4 Å². The smallest absolute Gasteiger partial charge is 0.309 e. The summed E-state index contributed by atoms with van der Waals surface area (Å²) in [7, 11) is -3.03. The van der Waals surface area contributed by atoms with Crippen LogP contribution in [0.3, 0.4) is 0 Å². The first-order valence-corrected chi connectivity index (χ1v) is 6.64. The van der Waals surface area contributed by atoms with Gasteiger partial charge in [-0.15, -0.1) is 0 Å². The summed E-state index contributed by atoms with van der Waals surface area (Å²) in [6.07, 6.45) is 1.49. The van der Waals surface area contributed by atoms with Gasteiger partial charge in [0.05, 0.1) is 18.9 Å². The first-order valence-electron chi connectivity index (χ1n) is 5.03. The molecule has 0 unspecified atom stereocenters. The number of ketones is 1. The molecule has 5 heteroatoms. The molecule has 0 radical (unpaired) electrons. The number of Topliss-reactive ketones (excluding diaryl/α,β-unsaturated/α-hetero) is 1. The lowest BCUT2D eigenvalue weighted by Crippen LogP contribution is -2.10. The summed E-state index contributed by atoms with van der Waals surface area (Å²) in [6.45, 7) is 4.29. The molecule has 0 aromatic rings. The molecule has 82 valence electrons. The van der Waals surface area contributed by atoms with Crippen molar-refractivity contribution >= 4 is 13.4 Å². The van der Waals surface area contributed by atoms with E-state index in [1.807, 2.05) is 0 Å². The summed E-state index contributed by atoms with van der Waals surface area (Å²) < 4.78 is 22.5. The summed E-state index contributed by atoms with van der Waals surface area (Å²) in [5, 5.41) is 0. The van der Waals surface area contributed by atoms with E-state index in [2.05, 4.69) is 0 Å². The maximum absolute atomic E-state index is 12.2. The molecule has 0 aromatic heterocycles. The largest absolute Gasteiger partial charge is 0.334 e. The summed E-state index contributed by atoms with van der Waals surface area (Å²) in [5.41, 5.74) is -0.213. The minimum absolute atomic E-state index is 0.162. The van der Waals surface area contributed by atoms with Gasteiger partial charge < -0.3 is 9.05 Å². The van der Waals surface area contributed by atoms with Crippen molar-refractivity contribution in [3.05, 3.63) is 0 Å². The van der Waals surface area contributed by atoms with Crippen molar-refractivity contribution in [3.63, 3.8) is 0 Å². The van der Waals surface area contributed by atoms with Crippen LogP contribution in [0.2, 0.25) is 0 Å². The first-order chi connectivity index (χ1) is 6.62. The zero-order chi connectivity index (χ0) is 10.6. The van der Waals surface area contributed by atoms with E-state index in [-0.39, 0.29) is 11.4 Å². The van der Waals surface area contributed by atoms with Crippen LogP contribution in [0.4, 0.5) is 0 Å². The molecule has 1 aliphatic carbocycles. The van der Waals surface area contributed by atoms with Crippen LogP contribution in [-0.4, -0.2) is 24.7 Å². The number of rotatable bonds is 5. The van der Waals surface area contributed by atoms with Gasteiger partial charge in [-0.1, -0.05) is 0 Å². The standard InChI is InChI=1S/C9H17O4P/c1-3-12-14(11,13-4-2)9-6-5-8(10)7-9/h9H,3-7H2,1-2H3/t9-/m0/s1. The molecule has 1 fully saturated rings. The molecule has 4 nitrogen and oxygen atoms in total. The van der Waals surface area contributed by atoms with Crippen LogP contribution in [0.25, 0.3) is 0 Å². The van der Waals surface area contributed by atoms with E-state index in [0.29, 0.717) is 32.5 Å². The van der Waals surface area contributed by atoms with Crippen LogP contribution < -0.4 is 0 Å². The van der Waals surface area contributed by atoms with Crippen LogP contribution >= 0.6 is 7.60 Å². The van der Waals surface area contributed by atoms with Gasteiger partial charge in [0.15, 0.2) is 0 Å². The molecule has 14 heavy (non-hydrogen) atoms. The molecule has 0 bridgehead atoms. The second-order valence-corrected chi connectivity index (χ2v) is 5.64. The second kappa shape index (κ2) is 5.06. The number of carbonyl (C=O) groups is 1. The van der Waals surface area contributed by atoms with Gasteiger partial charge >= 0.3 is 7.60 Å². The molecule has 0 saturated heterocycles. The van der Waals surface area contributed by atoms with Gasteiger partial charge in [0, 0.05) is 12.8 Å². The second-order valence-electron chi connectivity index (χ2n) is 3.31. The lowest BCUT2D eigenvalue weighted by Gasteiger charge is -2.21. The Morgan fingerprint density at radius 2 is 1.93 bits per heavy atom. The quantitative estimate of drug-likeness (QED) is 0.667. The van der Waals surface area contributed by atoms with E-state index in [1.165, 1.54) is 0 Å². The molecule has 0 amide bonds. The molecule has 1 saturated carbocycles. The highest BCUT2D eigenvalue weighted by Crippen LogP contribution is 2.57. The van der Waals surface area contributed by atoms with E-state index in [9.17, 15) is 9.36 Å². The fourth-order valence-electron chi connectivity index (χ4n) is 1.67. The average Bonchev–Trinajstić information content (AvgIpc) is 2.53. The van der Waals surface area contributed by atoms with Crippen molar-refractivity contribution in [1.82, 2.24) is 0 Å². The lowest BCUT2D eigenvalue weighted by molar-refractivity contribution is -0.117. The Labute approximate surface area is 84.5 Å². The summed E-state index contributed by atoms with van der Waals surface area (Å²) in [6, 6.07) is 0. The van der Waals surface area contributed by atoms with Crippen LogP contribution in [0.15, 0.2) is 0 Å². The highest BCUT2D eigenvalue weighted by atomic mass is 31.2. The van der Waals surface area contributed by atoms with Crippen LogP contribution in [0.1, 0.15) is 33.1 Å². The van der Waals surface area contributed by atoms with Crippen molar-refractivity contribution in [2.75, 3.05) is 13.2 Å². The Hall–Kier alpha value is -0.180. The third kappa shape index (κ3) is 2.66. The van der Waals surface area contributed by atoms with Gasteiger partial charge in [0.1, 0.15) is 5.78 Å². The van der Waals surface area contributed by atoms with E-state index >= 15 is 0 Å². The molecular formula is C9H17O4P. The maximum Gasteiger partial charge on any atom is 0.334 e. The monoisotopic (exact) mass is 220 g/mol. The van der Waals surface area contributed by atoms with Gasteiger partial charge in [-0.25, -0.2) is 0 Å². The molecule has 0 aromatic carbocycles. The van der Waals surface area contributed by atoms with E-state index in [1.54, 1.807) is 13.8 Å². The van der Waals surface area contributed by atoms with Crippen LogP contribution in [0.5, 0.6) is 0 Å². The van der Waals surface area contributed by atoms with Gasteiger partial charge in [0.25, 0.3) is 0 Å². The highest BCUT2D eigenvalue weighted by molar-refractivity contribution is 7.54. The zero-order valence-corrected chi connectivity index (χ0v) is 9.59. The number of hydrogen-bond acceptors (Lipinski definition) is 4. The Morgan fingerprint density at radius 1 is 1.36 bits per heavy atom. The van der Waals surface area contributed by atoms with Gasteiger partial charge in [-0.3, -0.25) is 9.36 Å². The Morgan fingerprint density at radius 3 is 2.29 bits per heavy atom. The van der Waals surface area contributed by atoms with Crippen molar-refractivity contribution in [1.29, 1.82) is 0 Å². The van der Waals surface area contributed by atoms with Crippen molar-refractivity contribution < 1.29 is 18.4 Å². The molecule has 0 heterocycles. The predicted molar refractivity (Wildman–Crippen MR) is 53.5 cm³/mol. The van der Waals surface area contributed by atoms with E-state index in [4.69, 9.17) is 9.05 Å². The highest BCUT2D eigenvalue weighted by Gasteiger charge is 2.40. The Bertz CT molecular complexity index is 241. The van der Waals surface area contributed by atoms with Crippen molar-refractivity contribution in [3.8, 4) is 0 Å². The predicted octanol–water partition coefficient (Wildman–Crippen LogP) is 2.37. The maximum atomic E-state index is 12.2. The van der Waals surface area contributed by atoms with Gasteiger partial charge in [-0.05, 0) is 20.3 Å².